The average molecular weight is 243 g/mol. The van der Waals surface area contributed by atoms with Crippen molar-refractivity contribution in [1.29, 1.82) is 0 Å². The summed E-state index contributed by atoms with van der Waals surface area (Å²) in [5.41, 5.74) is 6.18. The minimum Gasteiger partial charge on any atom is -0.394 e. The number of rotatable bonds is 5. The zero-order valence-electron chi connectivity index (χ0n) is 11.6. The highest BCUT2D eigenvalue weighted by Crippen LogP contribution is 2.40. The first-order valence-corrected chi connectivity index (χ1v) is 6.91. The Balaban J connectivity index is 2.39. The molecule has 1 atom stereocenters. The molecule has 0 amide bonds. The molecule has 1 fully saturated rings. The Kier molecular flexibility index (Phi) is 5.90. The molecule has 0 spiro atoms. The molecule has 0 saturated heterocycles. The topological polar surface area (TPSA) is 55.5 Å². The van der Waals surface area contributed by atoms with E-state index in [2.05, 4.69) is 20.8 Å². The molecule has 17 heavy (non-hydrogen) atoms. The average Bonchev–Trinajstić information content (AvgIpc) is 2.29. The van der Waals surface area contributed by atoms with Crippen LogP contribution in [0.25, 0.3) is 0 Å². The van der Waals surface area contributed by atoms with Gasteiger partial charge in [-0.2, -0.15) is 0 Å². The number of aliphatic hydroxyl groups is 1. The van der Waals surface area contributed by atoms with Crippen LogP contribution in [0.4, 0.5) is 0 Å². The van der Waals surface area contributed by atoms with Crippen molar-refractivity contribution >= 4 is 0 Å². The van der Waals surface area contributed by atoms with Gasteiger partial charge in [0, 0.05) is 6.54 Å². The van der Waals surface area contributed by atoms with E-state index in [9.17, 15) is 0 Å². The van der Waals surface area contributed by atoms with Crippen LogP contribution in [0.15, 0.2) is 0 Å². The third-order valence-electron chi connectivity index (χ3n) is 4.18. The first-order chi connectivity index (χ1) is 7.99. The van der Waals surface area contributed by atoms with E-state index in [1.54, 1.807) is 0 Å². The van der Waals surface area contributed by atoms with Crippen LogP contribution >= 0.6 is 0 Å². The Hall–Kier alpha value is -0.120. The van der Waals surface area contributed by atoms with Gasteiger partial charge in [-0.05, 0) is 42.9 Å². The summed E-state index contributed by atoms with van der Waals surface area (Å²) in [6, 6.07) is 0. The second-order valence-corrected chi connectivity index (χ2v) is 6.35. The minimum absolute atomic E-state index is 0.0911. The number of hydrogen-bond acceptors (Lipinski definition) is 3. The summed E-state index contributed by atoms with van der Waals surface area (Å²) in [6.07, 6.45) is 5.15. The van der Waals surface area contributed by atoms with Gasteiger partial charge in [-0.15, -0.1) is 0 Å². The van der Waals surface area contributed by atoms with Crippen LogP contribution in [-0.2, 0) is 4.74 Å². The molecule has 1 saturated carbocycles. The quantitative estimate of drug-likeness (QED) is 0.778. The lowest BCUT2D eigenvalue weighted by molar-refractivity contribution is -0.0193. The van der Waals surface area contributed by atoms with Crippen LogP contribution < -0.4 is 5.73 Å². The number of hydrogen-bond donors (Lipinski definition) is 2. The molecule has 3 nitrogen and oxygen atoms in total. The summed E-state index contributed by atoms with van der Waals surface area (Å²) in [5.74, 6) is 1.42. The number of aliphatic hydroxyl groups excluding tert-OH is 1. The summed E-state index contributed by atoms with van der Waals surface area (Å²) >= 11 is 0. The first-order valence-electron chi connectivity index (χ1n) is 6.91. The second-order valence-electron chi connectivity index (χ2n) is 6.35. The summed E-state index contributed by atoms with van der Waals surface area (Å²) in [5, 5.41) is 8.79. The zero-order valence-corrected chi connectivity index (χ0v) is 11.6. The van der Waals surface area contributed by atoms with Crippen molar-refractivity contribution < 1.29 is 9.84 Å². The Morgan fingerprint density at radius 2 is 1.82 bits per heavy atom. The first kappa shape index (κ1) is 14.9. The summed E-state index contributed by atoms with van der Waals surface area (Å²) in [6.45, 7) is 8.09. The summed E-state index contributed by atoms with van der Waals surface area (Å²) in [7, 11) is 0. The van der Waals surface area contributed by atoms with Crippen molar-refractivity contribution in [2.24, 2.45) is 23.0 Å². The molecule has 1 rings (SSSR count). The van der Waals surface area contributed by atoms with E-state index in [1.165, 1.54) is 25.7 Å². The van der Waals surface area contributed by atoms with Gasteiger partial charge in [-0.25, -0.2) is 0 Å². The molecular weight excluding hydrogens is 214 g/mol. The minimum atomic E-state index is 0.0911. The van der Waals surface area contributed by atoms with Gasteiger partial charge in [0.2, 0.25) is 0 Å². The lowest BCUT2D eigenvalue weighted by Gasteiger charge is -2.39. The number of ether oxygens (including phenoxy) is 1. The molecule has 102 valence electrons. The fourth-order valence-corrected chi connectivity index (χ4v) is 2.96. The normalized spacial score (nSPS) is 28.1. The molecule has 0 aromatic heterocycles. The van der Waals surface area contributed by atoms with Crippen molar-refractivity contribution in [3.63, 3.8) is 0 Å². The Labute approximate surface area is 106 Å². The van der Waals surface area contributed by atoms with Crippen LogP contribution in [0.5, 0.6) is 0 Å². The van der Waals surface area contributed by atoms with E-state index in [4.69, 9.17) is 15.6 Å². The lowest BCUT2D eigenvalue weighted by atomic mass is 9.69. The van der Waals surface area contributed by atoms with Gasteiger partial charge in [-0.1, -0.05) is 20.8 Å². The zero-order chi connectivity index (χ0) is 12.9. The van der Waals surface area contributed by atoms with Crippen molar-refractivity contribution in [3.05, 3.63) is 0 Å². The molecule has 0 aromatic carbocycles. The van der Waals surface area contributed by atoms with E-state index in [1.807, 2.05) is 0 Å². The molecule has 3 N–H and O–H groups in total. The molecule has 0 aromatic rings. The van der Waals surface area contributed by atoms with Crippen molar-refractivity contribution in [1.82, 2.24) is 0 Å². The van der Waals surface area contributed by atoms with Gasteiger partial charge in [0.25, 0.3) is 0 Å². The third-order valence-corrected chi connectivity index (χ3v) is 4.18. The van der Waals surface area contributed by atoms with Crippen molar-refractivity contribution in [2.45, 2.75) is 52.6 Å². The monoisotopic (exact) mass is 243 g/mol. The highest BCUT2D eigenvalue weighted by molar-refractivity contribution is 4.83. The highest BCUT2D eigenvalue weighted by atomic mass is 16.5. The Bertz CT molecular complexity index is 205. The standard InChI is InChI=1S/C14H29NO2/c1-14(2,3)12-6-4-11(5-7-12)13(10-15)17-9-8-16/h11-13,16H,4-10,15H2,1-3H3. The molecule has 0 aliphatic heterocycles. The van der Waals surface area contributed by atoms with Crippen LogP contribution in [0, 0.1) is 17.3 Å². The molecule has 1 unspecified atom stereocenters. The van der Waals surface area contributed by atoms with Crippen LogP contribution in [0.2, 0.25) is 0 Å². The van der Waals surface area contributed by atoms with Crippen molar-refractivity contribution in [2.75, 3.05) is 19.8 Å². The molecule has 1 aliphatic carbocycles. The predicted molar refractivity (Wildman–Crippen MR) is 70.8 cm³/mol. The van der Waals surface area contributed by atoms with Gasteiger partial charge >= 0.3 is 0 Å². The summed E-state index contributed by atoms with van der Waals surface area (Å²) in [4.78, 5) is 0. The van der Waals surface area contributed by atoms with E-state index in [0.717, 1.165) is 5.92 Å². The smallest absolute Gasteiger partial charge is 0.0726 e. The third kappa shape index (κ3) is 4.57. The maximum Gasteiger partial charge on any atom is 0.0726 e. The molecule has 0 radical (unpaired) electrons. The van der Waals surface area contributed by atoms with E-state index < -0.39 is 0 Å². The van der Waals surface area contributed by atoms with Gasteiger partial charge in [0.15, 0.2) is 0 Å². The van der Waals surface area contributed by atoms with E-state index >= 15 is 0 Å². The highest BCUT2D eigenvalue weighted by Gasteiger charge is 2.32. The van der Waals surface area contributed by atoms with Gasteiger partial charge in [0.1, 0.15) is 0 Å². The molecule has 1 aliphatic rings. The fourth-order valence-electron chi connectivity index (χ4n) is 2.96. The van der Waals surface area contributed by atoms with Gasteiger partial charge in [-0.3, -0.25) is 0 Å². The molecule has 0 bridgehead atoms. The SMILES string of the molecule is CC(C)(C)C1CCC(C(CN)OCCO)CC1. The van der Waals surface area contributed by atoms with E-state index in [0.29, 0.717) is 24.5 Å². The maximum atomic E-state index is 8.79. The fraction of sp³-hybridized carbons (Fsp3) is 1.00. The van der Waals surface area contributed by atoms with Crippen LogP contribution in [0.1, 0.15) is 46.5 Å². The molecule has 0 heterocycles. The second kappa shape index (κ2) is 6.72. The molecule has 3 heteroatoms. The van der Waals surface area contributed by atoms with Crippen LogP contribution in [0.3, 0.4) is 0 Å². The summed E-state index contributed by atoms with van der Waals surface area (Å²) < 4.78 is 5.63. The van der Waals surface area contributed by atoms with Crippen LogP contribution in [-0.4, -0.2) is 31.0 Å². The van der Waals surface area contributed by atoms with Gasteiger partial charge < -0.3 is 15.6 Å². The lowest BCUT2D eigenvalue weighted by Crippen LogP contribution is -2.37. The largest absolute Gasteiger partial charge is 0.394 e. The van der Waals surface area contributed by atoms with E-state index in [-0.39, 0.29) is 12.7 Å². The van der Waals surface area contributed by atoms with Crippen molar-refractivity contribution in [3.8, 4) is 0 Å². The Morgan fingerprint density at radius 1 is 1.24 bits per heavy atom. The van der Waals surface area contributed by atoms with Gasteiger partial charge in [0.05, 0.1) is 19.3 Å². The Morgan fingerprint density at radius 3 is 2.24 bits per heavy atom. The number of nitrogens with two attached hydrogens (primary N) is 1. The predicted octanol–water partition coefficient (Wildman–Crippen LogP) is 2.18. The molecular formula is C14H29NO2. The maximum absolute atomic E-state index is 8.79.